The summed E-state index contributed by atoms with van der Waals surface area (Å²) in [5.74, 6) is 1.01. The molecule has 0 spiro atoms. The van der Waals surface area contributed by atoms with Crippen LogP contribution in [0, 0.1) is 0 Å². The first kappa shape index (κ1) is 10.9. The van der Waals surface area contributed by atoms with E-state index < -0.39 is 0 Å². The average Bonchev–Trinajstić information content (AvgIpc) is 2.63. The lowest BCUT2D eigenvalue weighted by Crippen LogP contribution is -1.95. The number of carbonyl (C=O) groups is 1. The standard InChI is InChI=1S/C14H16O2/c1-3-4-5-10-8-11-9-12(16-2)6-7-13(11)14(10)15/h5-7,9H,3-4,8H2,1-2H3/b10-5+. The second kappa shape index (κ2) is 4.52. The van der Waals surface area contributed by atoms with Crippen molar-refractivity contribution in [1.29, 1.82) is 0 Å². The number of fused-ring (bicyclic) bond motifs is 1. The average molecular weight is 216 g/mol. The lowest BCUT2D eigenvalue weighted by Gasteiger charge is -2.01. The van der Waals surface area contributed by atoms with Crippen LogP contribution in [0.1, 0.15) is 35.7 Å². The molecule has 0 saturated heterocycles. The summed E-state index contributed by atoms with van der Waals surface area (Å²) in [6.07, 6.45) is 4.88. The maximum absolute atomic E-state index is 12.0. The molecule has 0 saturated carbocycles. The fraction of sp³-hybridized carbons (Fsp3) is 0.357. The van der Waals surface area contributed by atoms with Gasteiger partial charge in [-0.05, 0) is 30.2 Å². The second-order valence-electron chi connectivity index (χ2n) is 4.05. The van der Waals surface area contributed by atoms with Crippen LogP contribution in [-0.4, -0.2) is 12.9 Å². The Balaban J connectivity index is 2.31. The van der Waals surface area contributed by atoms with Gasteiger partial charge in [0, 0.05) is 17.6 Å². The number of carbonyl (C=O) groups excluding carboxylic acids is 1. The van der Waals surface area contributed by atoms with Crippen molar-refractivity contribution < 1.29 is 9.53 Å². The number of unbranched alkanes of at least 4 members (excludes halogenated alkanes) is 1. The third kappa shape index (κ3) is 1.87. The Bertz CT molecular complexity index is 444. The lowest BCUT2D eigenvalue weighted by atomic mass is 10.1. The van der Waals surface area contributed by atoms with Crippen molar-refractivity contribution in [3.63, 3.8) is 0 Å². The molecule has 2 nitrogen and oxygen atoms in total. The highest BCUT2D eigenvalue weighted by Gasteiger charge is 2.24. The molecule has 2 heteroatoms. The number of hydrogen-bond donors (Lipinski definition) is 0. The van der Waals surface area contributed by atoms with E-state index >= 15 is 0 Å². The molecule has 0 heterocycles. The van der Waals surface area contributed by atoms with Crippen LogP contribution in [0.25, 0.3) is 0 Å². The Hall–Kier alpha value is -1.57. The summed E-state index contributed by atoms with van der Waals surface area (Å²) >= 11 is 0. The van der Waals surface area contributed by atoms with Crippen molar-refractivity contribution in [3.8, 4) is 5.75 Å². The molecule has 0 aromatic heterocycles. The zero-order valence-corrected chi connectivity index (χ0v) is 9.75. The lowest BCUT2D eigenvalue weighted by molar-refractivity contribution is 0.103. The fourth-order valence-electron chi connectivity index (χ4n) is 2.01. The Morgan fingerprint density at radius 1 is 1.44 bits per heavy atom. The molecule has 0 unspecified atom stereocenters. The van der Waals surface area contributed by atoms with Crippen LogP contribution in [0.5, 0.6) is 5.75 Å². The number of methoxy groups -OCH3 is 1. The summed E-state index contributed by atoms with van der Waals surface area (Å²) in [6.45, 7) is 2.12. The zero-order valence-electron chi connectivity index (χ0n) is 9.75. The number of allylic oxidation sites excluding steroid dienone is 2. The van der Waals surface area contributed by atoms with Gasteiger partial charge in [-0.15, -0.1) is 0 Å². The van der Waals surface area contributed by atoms with Gasteiger partial charge in [0.15, 0.2) is 5.78 Å². The zero-order chi connectivity index (χ0) is 11.5. The Morgan fingerprint density at radius 3 is 2.94 bits per heavy atom. The first-order valence-corrected chi connectivity index (χ1v) is 5.67. The van der Waals surface area contributed by atoms with Gasteiger partial charge in [-0.1, -0.05) is 19.4 Å². The van der Waals surface area contributed by atoms with Crippen LogP contribution >= 0.6 is 0 Å². The largest absolute Gasteiger partial charge is 0.497 e. The van der Waals surface area contributed by atoms with Crippen LogP contribution < -0.4 is 4.74 Å². The van der Waals surface area contributed by atoms with Crippen molar-refractivity contribution in [2.75, 3.05) is 7.11 Å². The van der Waals surface area contributed by atoms with E-state index in [0.29, 0.717) is 0 Å². The minimum absolute atomic E-state index is 0.186. The number of ether oxygens (including phenoxy) is 1. The number of Topliss-reactive ketones (excluding diaryl/α,β-unsaturated/α-hetero) is 1. The minimum atomic E-state index is 0.186. The van der Waals surface area contributed by atoms with Gasteiger partial charge < -0.3 is 4.74 Å². The Kier molecular flexibility index (Phi) is 3.09. The second-order valence-corrected chi connectivity index (χ2v) is 4.05. The number of hydrogen-bond acceptors (Lipinski definition) is 2. The number of benzene rings is 1. The molecule has 0 atom stereocenters. The van der Waals surface area contributed by atoms with Gasteiger partial charge in [-0.25, -0.2) is 0 Å². The van der Waals surface area contributed by atoms with Crippen LogP contribution in [0.3, 0.4) is 0 Å². The molecule has 0 bridgehead atoms. The molecule has 1 aromatic rings. The quantitative estimate of drug-likeness (QED) is 0.725. The highest BCUT2D eigenvalue weighted by atomic mass is 16.5. The summed E-state index contributed by atoms with van der Waals surface area (Å²) in [6, 6.07) is 5.67. The van der Waals surface area contributed by atoms with Crippen molar-refractivity contribution in [2.24, 2.45) is 0 Å². The Labute approximate surface area is 95.9 Å². The highest BCUT2D eigenvalue weighted by Crippen LogP contribution is 2.29. The van der Waals surface area contributed by atoms with Crippen molar-refractivity contribution in [1.82, 2.24) is 0 Å². The number of ketones is 1. The van der Waals surface area contributed by atoms with Crippen LogP contribution in [-0.2, 0) is 6.42 Å². The van der Waals surface area contributed by atoms with Crippen molar-refractivity contribution in [3.05, 3.63) is 41.0 Å². The van der Waals surface area contributed by atoms with Crippen LogP contribution in [0.15, 0.2) is 29.8 Å². The van der Waals surface area contributed by atoms with Gasteiger partial charge in [-0.3, -0.25) is 4.79 Å². The normalized spacial score (nSPS) is 16.6. The molecule has 0 fully saturated rings. The van der Waals surface area contributed by atoms with E-state index in [0.717, 1.165) is 41.7 Å². The third-order valence-corrected chi connectivity index (χ3v) is 2.91. The van der Waals surface area contributed by atoms with Gasteiger partial charge in [0.25, 0.3) is 0 Å². The molecule has 1 aromatic carbocycles. The molecule has 0 N–H and O–H groups in total. The van der Waals surface area contributed by atoms with E-state index in [2.05, 4.69) is 13.0 Å². The molecular weight excluding hydrogens is 200 g/mol. The third-order valence-electron chi connectivity index (χ3n) is 2.91. The topological polar surface area (TPSA) is 26.3 Å². The molecule has 1 aliphatic carbocycles. The molecule has 16 heavy (non-hydrogen) atoms. The predicted octanol–water partition coefficient (Wildman–Crippen LogP) is 3.16. The molecule has 1 aliphatic rings. The van der Waals surface area contributed by atoms with Crippen molar-refractivity contribution in [2.45, 2.75) is 26.2 Å². The van der Waals surface area contributed by atoms with E-state index in [1.807, 2.05) is 18.2 Å². The summed E-state index contributed by atoms with van der Waals surface area (Å²) in [5, 5.41) is 0. The molecule has 2 rings (SSSR count). The smallest absolute Gasteiger partial charge is 0.189 e. The van der Waals surface area contributed by atoms with Gasteiger partial charge in [0.2, 0.25) is 0 Å². The van der Waals surface area contributed by atoms with Crippen LogP contribution in [0.4, 0.5) is 0 Å². The summed E-state index contributed by atoms with van der Waals surface area (Å²) < 4.78 is 5.16. The van der Waals surface area contributed by atoms with Gasteiger partial charge in [-0.2, -0.15) is 0 Å². The Morgan fingerprint density at radius 2 is 2.25 bits per heavy atom. The van der Waals surface area contributed by atoms with E-state index in [1.54, 1.807) is 7.11 Å². The van der Waals surface area contributed by atoms with Gasteiger partial charge in [0.05, 0.1) is 7.11 Å². The van der Waals surface area contributed by atoms with Crippen LogP contribution in [0.2, 0.25) is 0 Å². The first-order valence-electron chi connectivity index (χ1n) is 5.67. The monoisotopic (exact) mass is 216 g/mol. The summed E-state index contributed by atoms with van der Waals surface area (Å²) in [4.78, 5) is 12.0. The fourth-order valence-corrected chi connectivity index (χ4v) is 2.01. The SMILES string of the molecule is CCC/C=C1\Cc2cc(OC)ccc2C1=O. The van der Waals surface area contributed by atoms with Gasteiger partial charge >= 0.3 is 0 Å². The molecular formula is C14H16O2. The predicted molar refractivity (Wildman–Crippen MR) is 64.0 cm³/mol. The first-order chi connectivity index (χ1) is 7.76. The van der Waals surface area contributed by atoms with E-state index in [-0.39, 0.29) is 5.78 Å². The minimum Gasteiger partial charge on any atom is -0.497 e. The van der Waals surface area contributed by atoms with E-state index in [9.17, 15) is 4.79 Å². The molecule has 0 aliphatic heterocycles. The molecule has 0 radical (unpaired) electrons. The van der Waals surface area contributed by atoms with Gasteiger partial charge in [0.1, 0.15) is 5.75 Å². The summed E-state index contributed by atoms with van der Waals surface area (Å²) in [5.41, 5.74) is 2.86. The highest BCUT2D eigenvalue weighted by molar-refractivity contribution is 6.13. The maximum Gasteiger partial charge on any atom is 0.189 e. The molecule has 84 valence electrons. The maximum atomic E-state index is 12.0. The van der Waals surface area contributed by atoms with E-state index in [1.165, 1.54) is 0 Å². The van der Waals surface area contributed by atoms with E-state index in [4.69, 9.17) is 4.74 Å². The molecule has 0 amide bonds. The number of rotatable bonds is 3. The van der Waals surface area contributed by atoms with Crippen molar-refractivity contribution >= 4 is 5.78 Å². The summed E-state index contributed by atoms with van der Waals surface area (Å²) in [7, 11) is 1.65.